The Bertz CT molecular complexity index is 1030. The molecular weight excluding hydrogens is 368 g/mol. The Hall–Kier alpha value is -3.93. The van der Waals surface area contributed by atoms with Gasteiger partial charge in [-0.1, -0.05) is 36.4 Å². The van der Waals surface area contributed by atoms with E-state index in [4.69, 9.17) is 4.74 Å². The van der Waals surface area contributed by atoms with Crippen LogP contribution in [-0.2, 0) is 4.74 Å². The topological polar surface area (TPSA) is 84.5 Å². The van der Waals surface area contributed by atoms with E-state index in [1.807, 2.05) is 18.2 Å². The zero-order valence-electron chi connectivity index (χ0n) is 15.8. The minimum absolute atomic E-state index is 0.236. The summed E-state index contributed by atoms with van der Waals surface area (Å²) in [5, 5.41) is 5.49. The molecule has 3 aromatic carbocycles. The molecule has 3 rings (SSSR count). The predicted molar refractivity (Wildman–Crippen MR) is 111 cm³/mol. The van der Waals surface area contributed by atoms with Gasteiger partial charge in [-0.2, -0.15) is 0 Å². The van der Waals surface area contributed by atoms with Gasteiger partial charge in [0, 0.05) is 16.8 Å². The molecule has 2 N–H and O–H groups in total. The van der Waals surface area contributed by atoms with Crippen molar-refractivity contribution in [1.82, 2.24) is 0 Å². The number of esters is 1. The Morgan fingerprint density at radius 3 is 2.07 bits per heavy atom. The fourth-order valence-electron chi connectivity index (χ4n) is 2.70. The summed E-state index contributed by atoms with van der Waals surface area (Å²) in [7, 11) is 0. The second-order valence-electron chi connectivity index (χ2n) is 6.12. The smallest absolute Gasteiger partial charge is 0.340 e. The number of hydrogen-bond acceptors (Lipinski definition) is 4. The number of nitrogens with one attached hydrogen (secondary N) is 2. The van der Waals surface area contributed by atoms with Crippen molar-refractivity contribution < 1.29 is 19.1 Å². The second-order valence-corrected chi connectivity index (χ2v) is 6.12. The average molecular weight is 388 g/mol. The van der Waals surface area contributed by atoms with Gasteiger partial charge in [0.2, 0.25) is 0 Å². The molecule has 146 valence electrons. The van der Waals surface area contributed by atoms with Crippen LogP contribution in [0.4, 0.5) is 11.4 Å². The van der Waals surface area contributed by atoms with Gasteiger partial charge in [0.15, 0.2) is 0 Å². The van der Waals surface area contributed by atoms with E-state index in [1.165, 1.54) is 6.07 Å². The third kappa shape index (κ3) is 5.07. The lowest BCUT2D eigenvalue weighted by atomic mass is 10.1. The third-order valence-electron chi connectivity index (χ3n) is 4.09. The highest BCUT2D eigenvalue weighted by atomic mass is 16.5. The molecule has 0 saturated heterocycles. The van der Waals surface area contributed by atoms with Gasteiger partial charge in [-0.25, -0.2) is 4.79 Å². The molecule has 2 amide bonds. The first-order chi connectivity index (χ1) is 14.1. The average Bonchev–Trinajstić information content (AvgIpc) is 2.75. The van der Waals surface area contributed by atoms with Crippen LogP contribution in [0.15, 0.2) is 78.9 Å². The maximum atomic E-state index is 12.7. The minimum Gasteiger partial charge on any atom is -0.462 e. The largest absolute Gasteiger partial charge is 0.462 e. The molecule has 6 nitrogen and oxygen atoms in total. The van der Waals surface area contributed by atoms with E-state index in [0.29, 0.717) is 22.5 Å². The summed E-state index contributed by atoms with van der Waals surface area (Å²) < 4.78 is 5.02. The van der Waals surface area contributed by atoms with Crippen molar-refractivity contribution in [3.63, 3.8) is 0 Å². The van der Waals surface area contributed by atoms with E-state index < -0.39 is 11.9 Å². The number of carbonyl (C=O) groups is 3. The second kappa shape index (κ2) is 9.32. The molecule has 29 heavy (non-hydrogen) atoms. The molecular formula is C23H20N2O4. The Balaban J connectivity index is 1.77. The lowest BCUT2D eigenvalue weighted by molar-refractivity contribution is 0.0527. The molecule has 0 bridgehead atoms. The molecule has 0 saturated carbocycles. The van der Waals surface area contributed by atoms with Crippen molar-refractivity contribution in [2.45, 2.75) is 6.92 Å². The quantitative estimate of drug-likeness (QED) is 0.614. The number of hydrogen-bond donors (Lipinski definition) is 2. The monoisotopic (exact) mass is 388 g/mol. The van der Waals surface area contributed by atoms with Crippen molar-refractivity contribution >= 4 is 29.2 Å². The molecule has 0 radical (unpaired) electrons. The van der Waals surface area contributed by atoms with Crippen molar-refractivity contribution in [1.29, 1.82) is 0 Å². The number of anilines is 2. The predicted octanol–water partition coefficient (Wildman–Crippen LogP) is 4.37. The normalized spacial score (nSPS) is 10.1. The highest BCUT2D eigenvalue weighted by Crippen LogP contribution is 2.18. The van der Waals surface area contributed by atoms with Gasteiger partial charge in [0.25, 0.3) is 11.8 Å². The number of benzene rings is 3. The molecule has 6 heteroatoms. The van der Waals surface area contributed by atoms with Crippen LogP contribution in [-0.4, -0.2) is 24.4 Å². The standard InChI is InChI=1S/C23H20N2O4/c1-2-29-23(28)19-13-6-7-14-20(19)25-22(27)17-10-8-9-16(15-17)21(26)24-18-11-4-3-5-12-18/h3-15H,2H2,1H3,(H,24,26)(H,25,27). The molecule has 0 heterocycles. The number of amides is 2. The fraction of sp³-hybridized carbons (Fsp3) is 0.0870. The van der Waals surface area contributed by atoms with Crippen molar-refractivity contribution in [2.75, 3.05) is 17.2 Å². The van der Waals surface area contributed by atoms with E-state index in [2.05, 4.69) is 10.6 Å². The molecule has 0 aromatic heterocycles. The zero-order valence-corrected chi connectivity index (χ0v) is 15.8. The van der Waals surface area contributed by atoms with Crippen LogP contribution in [0.25, 0.3) is 0 Å². The van der Waals surface area contributed by atoms with E-state index in [0.717, 1.165) is 0 Å². The molecule has 0 aliphatic heterocycles. The molecule has 3 aromatic rings. The molecule has 0 aliphatic carbocycles. The Kier molecular flexibility index (Phi) is 6.37. The molecule has 0 aliphatic rings. The summed E-state index contributed by atoms with van der Waals surface area (Å²) in [4.78, 5) is 37.2. The fourth-order valence-corrected chi connectivity index (χ4v) is 2.70. The lowest BCUT2D eigenvalue weighted by Crippen LogP contribution is -2.17. The molecule has 0 unspecified atom stereocenters. The van der Waals surface area contributed by atoms with Crippen LogP contribution in [0.5, 0.6) is 0 Å². The molecule has 0 fully saturated rings. The van der Waals surface area contributed by atoms with Crippen LogP contribution in [0.2, 0.25) is 0 Å². The van der Waals surface area contributed by atoms with Gasteiger partial charge >= 0.3 is 5.97 Å². The Morgan fingerprint density at radius 1 is 0.759 bits per heavy atom. The summed E-state index contributed by atoms with van der Waals surface area (Å²) >= 11 is 0. The number of rotatable bonds is 6. The third-order valence-corrected chi connectivity index (χ3v) is 4.09. The van der Waals surface area contributed by atoms with Crippen LogP contribution in [0, 0.1) is 0 Å². The number of carbonyl (C=O) groups excluding carboxylic acids is 3. The first kappa shape index (κ1) is 19.8. The summed E-state index contributed by atoms with van der Waals surface area (Å²) in [6.07, 6.45) is 0. The molecule has 0 atom stereocenters. The molecule has 0 spiro atoms. The summed E-state index contributed by atoms with van der Waals surface area (Å²) in [6, 6.07) is 22.0. The SMILES string of the molecule is CCOC(=O)c1ccccc1NC(=O)c1cccc(C(=O)Nc2ccccc2)c1. The summed E-state index contributed by atoms with van der Waals surface area (Å²) in [6.45, 7) is 1.95. The van der Waals surface area contributed by atoms with Gasteiger partial charge in [-0.3, -0.25) is 9.59 Å². The zero-order chi connectivity index (χ0) is 20.6. The van der Waals surface area contributed by atoms with E-state index in [-0.39, 0.29) is 18.1 Å². The van der Waals surface area contributed by atoms with E-state index in [1.54, 1.807) is 61.5 Å². The van der Waals surface area contributed by atoms with Crippen LogP contribution >= 0.6 is 0 Å². The van der Waals surface area contributed by atoms with Crippen LogP contribution in [0.3, 0.4) is 0 Å². The first-order valence-electron chi connectivity index (χ1n) is 9.12. The highest BCUT2D eigenvalue weighted by molar-refractivity contribution is 6.10. The van der Waals surface area contributed by atoms with Gasteiger partial charge < -0.3 is 15.4 Å². The summed E-state index contributed by atoms with van der Waals surface area (Å²) in [5.74, 6) is -1.27. The van der Waals surface area contributed by atoms with Crippen LogP contribution in [0.1, 0.15) is 38.0 Å². The summed E-state index contributed by atoms with van der Waals surface area (Å²) in [5.41, 5.74) is 1.91. The van der Waals surface area contributed by atoms with Crippen molar-refractivity contribution in [3.05, 3.63) is 95.6 Å². The van der Waals surface area contributed by atoms with Gasteiger partial charge in [-0.15, -0.1) is 0 Å². The maximum Gasteiger partial charge on any atom is 0.340 e. The van der Waals surface area contributed by atoms with Gasteiger partial charge in [-0.05, 0) is 49.4 Å². The first-order valence-corrected chi connectivity index (χ1v) is 9.12. The Labute approximate surface area is 168 Å². The lowest BCUT2D eigenvalue weighted by Gasteiger charge is -2.11. The van der Waals surface area contributed by atoms with Gasteiger partial charge in [0.05, 0.1) is 17.9 Å². The van der Waals surface area contributed by atoms with E-state index in [9.17, 15) is 14.4 Å². The van der Waals surface area contributed by atoms with Crippen molar-refractivity contribution in [3.8, 4) is 0 Å². The highest BCUT2D eigenvalue weighted by Gasteiger charge is 2.16. The number of para-hydroxylation sites is 2. The van der Waals surface area contributed by atoms with Crippen LogP contribution < -0.4 is 10.6 Å². The maximum absolute atomic E-state index is 12.7. The van der Waals surface area contributed by atoms with E-state index >= 15 is 0 Å². The van der Waals surface area contributed by atoms with Crippen molar-refractivity contribution in [2.24, 2.45) is 0 Å². The Morgan fingerprint density at radius 2 is 1.38 bits per heavy atom. The van der Waals surface area contributed by atoms with Gasteiger partial charge in [0.1, 0.15) is 0 Å². The minimum atomic E-state index is -0.514. The number of ether oxygens (including phenoxy) is 1.